The highest BCUT2D eigenvalue weighted by Gasteiger charge is 2.30. The lowest BCUT2D eigenvalue weighted by molar-refractivity contribution is -0.141. The fourth-order valence-electron chi connectivity index (χ4n) is 4.35. The molecule has 37 heavy (non-hydrogen) atoms. The maximum atomic E-state index is 13.8. The molecule has 0 unspecified atom stereocenters. The van der Waals surface area contributed by atoms with Crippen LogP contribution in [-0.2, 0) is 29.0 Å². The molecule has 0 saturated heterocycles. The third kappa shape index (κ3) is 8.59. The summed E-state index contributed by atoms with van der Waals surface area (Å²) in [5.74, 6) is 0.372. The molecule has 3 aromatic rings. The summed E-state index contributed by atoms with van der Waals surface area (Å²) in [6.45, 7) is 10.9. The minimum atomic E-state index is -0.589. The summed E-state index contributed by atoms with van der Waals surface area (Å²) < 4.78 is 0. The van der Waals surface area contributed by atoms with Crippen molar-refractivity contribution in [3.8, 4) is 0 Å². The Morgan fingerprint density at radius 1 is 0.811 bits per heavy atom. The maximum absolute atomic E-state index is 13.8. The third-order valence-corrected chi connectivity index (χ3v) is 7.02. The molecule has 3 aromatic carbocycles. The van der Waals surface area contributed by atoms with Crippen LogP contribution in [0.5, 0.6) is 0 Å². The second-order valence-electron chi connectivity index (χ2n) is 10.4. The number of amides is 2. The highest BCUT2D eigenvalue weighted by molar-refractivity contribution is 5.88. The minimum absolute atomic E-state index is 0.00579. The van der Waals surface area contributed by atoms with Crippen LogP contribution in [0.3, 0.4) is 0 Å². The first-order valence-corrected chi connectivity index (χ1v) is 13.5. The van der Waals surface area contributed by atoms with E-state index >= 15 is 0 Å². The second kappa shape index (κ2) is 13.8. The second-order valence-corrected chi connectivity index (χ2v) is 10.4. The minimum Gasteiger partial charge on any atom is -0.352 e. The fraction of sp³-hybridized carbons (Fsp3) is 0.394. The van der Waals surface area contributed by atoms with Gasteiger partial charge in [0, 0.05) is 25.4 Å². The summed E-state index contributed by atoms with van der Waals surface area (Å²) in [6.07, 6.45) is 2.31. The van der Waals surface area contributed by atoms with Crippen LogP contribution in [0.1, 0.15) is 74.3 Å². The maximum Gasteiger partial charge on any atom is 0.243 e. The lowest BCUT2D eigenvalue weighted by Crippen LogP contribution is -2.52. The van der Waals surface area contributed by atoms with E-state index in [1.54, 1.807) is 4.90 Å². The number of nitrogens with one attached hydrogen (secondary N) is 1. The number of hydrogen-bond acceptors (Lipinski definition) is 2. The Morgan fingerprint density at radius 3 is 2.03 bits per heavy atom. The first-order chi connectivity index (χ1) is 17.8. The predicted octanol–water partition coefficient (Wildman–Crippen LogP) is 6.61. The Bertz CT molecular complexity index is 1120. The Labute approximate surface area is 223 Å². The Kier molecular flexibility index (Phi) is 10.5. The molecular formula is C33H42N2O2. The fourth-order valence-corrected chi connectivity index (χ4v) is 4.35. The van der Waals surface area contributed by atoms with E-state index in [2.05, 4.69) is 69.4 Å². The normalized spacial score (nSPS) is 12.7. The van der Waals surface area contributed by atoms with Crippen molar-refractivity contribution in [2.75, 3.05) is 0 Å². The van der Waals surface area contributed by atoms with Gasteiger partial charge in [0.2, 0.25) is 11.8 Å². The SMILES string of the molecule is CC[C@@H](C)NC(=O)[C@H](Cc1ccccc1)N(Cc1ccc(C)cc1)C(=O)CCc1ccc(C(C)C)cc1. The number of carbonyl (C=O) groups is 2. The monoisotopic (exact) mass is 498 g/mol. The van der Waals surface area contributed by atoms with Gasteiger partial charge in [-0.1, -0.05) is 105 Å². The van der Waals surface area contributed by atoms with E-state index in [1.807, 2.05) is 49.4 Å². The largest absolute Gasteiger partial charge is 0.352 e. The van der Waals surface area contributed by atoms with Gasteiger partial charge in [0.1, 0.15) is 6.04 Å². The van der Waals surface area contributed by atoms with E-state index in [1.165, 1.54) is 11.1 Å². The lowest BCUT2D eigenvalue weighted by Gasteiger charge is -2.32. The molecule has 196 valence electrons. The van der Waals surface area contributed by atoms with Gasteiger partial charge in [0.15, 0.2) is 0 Å². The van der Waals surface area contributed by atoms with Gasteiger partial charge in [-0.3, -0.25) is 9.59 Å². The van der Waals surface area contributed by atoms with Crippen molar-refractivity contribution in [3.05, 3.63) is 107 Å². The van der Waals surface area contributed by atoms with Gasteiger partial charge >= 0.3 is 0 Å². The van der Waals surface area contributed by atoms with Gasteiger partial charge in [-0.25, -0.2) is 0 Å². The molecule has 2 atom stereocenters. The highest BCUT2D eigenvalue weighted by atomic mass is 16.2. The van der Waals surface area contributed by atoms with Crippen molar-refractivity contribution < 1.29 is 9.59 Å². The van der Waals surface area contributed by atoms with Crippen LogP contribution in [0.2, 0.25) is 0 Å². The first kappa shape index (κ1) is 28.2. The molecule has 1 N–H and O–H groups in total. The van der Waals surface area contributed by atoms with Crippen LogP contribution in [0.15, 0.2) is 78.9 Å². The van der Waals surface area contributed by atoms with Gasteiger partial charge in [0.05, 0.1) is 0 Å². The van der Waals surface area contributed by atoms with Crippen molar-refractivity contribution in [2.45, 2.75) is 84.8 Å². The molecule has 4 nitrogen and oxygen atoms in total. The number of nitrogens with zero attached hydrogens (tertiary/aromatic N) is 1. The molecule has 0 aliphatic rings. The molecular weight excluding hydrogens is 456 g/mol. The van der Waals surface area contributed by atoms with Gasteiger partial charge in [-0.05, 0) is 54.9 Å². The first-order valence-electron chi connectivity index (χ1n) is 13.5. The lowest BCUT2D eigenvalue weighted by atomic mass is 9.99. The quantitative estimate of drug-likeness (QED) is 0.306. The summed E-state index contributed by atoms with van der Waals surface area (Å²) in [5, 5.41) is 3.14. The van der Waals surface area contributed by atoms with Crippen molar-refractivity contribution in [1.82, 2.24) is 10.2 Å². The molecule has 0 fully saturated rings. The van der Waals surface area contributed by atoms with Gasteiger partial charge in [-0.15, -0.1) is 0 Å². The molecule has 0 saturated carbocycles. The standard InChI is InChI=1S/C33H42N2O2/c1-6-26(5)34-33(37)31(22-28-10-8-7-9-11-28)35(23-29-14-12-25(4)13-15-29)32(36)21-18-27-16-19-30(20-17-27)24(2)3/h7-17,19-20,24,26,31H,6,18,21-23H2,1-5H3,(H,34,37)/t26-,31+/m1/s1. The van der Waals surface area contributed by atoms with Crippen molar-refractivity contribution in [3.63, 3.8) is 0 Å². The van der Waals surface area contributed by atoms with E-state index in [0.29, 0.717) is 31.7 Å². The molecule has 0 aromatic heterocycles. The van der Waals surface area contributed by atoms with E-state index < -0.39 is 6.04 Å². The van der Waals surface area contributed by atoms with E-state index in [0.717, 1.165) is 23.1 Å². The van der Waals surface area contributed by atoms with Crippen molar-refractivity contribution in [2.24, 2.45) is 0 Å². The number of rotatable bonds is 12. The molecule has 0 heterocycles. The molecule has 4 heteroatoms. The van der Waals surface area contributed by atoms with Crippen LogP contribution in [0.4, 0.5) is 0 Å². The summed E-state index contributed by atoms with van der Waals surface area (Å²) in [5.41, 5.74) is 5.66. The van der Waals surface area contributed by atoms with Gasteiger partial charge in [-0.2, -0.15) is 0 Å². The van der Waals surface area contributed by atoms with E-state index in [4.69, 9.17) is 0 Å². The summed E-state index contributed by atoms with van der Waals surface area (Å²) in [7, 11) is 0. The topological polar surface area (TPSA) is 49.4 Å². The van der Waals surface area contributed by atoms with E-state index in [-0.39, 0.29) is 17.9 Å². The number of hydrogen-bond donors (Lipinski definition) is 1. The molecule has 2 amide bonds. The van der Waals surface area contributed by atoms with Crippen LogP contribution >= 0.6 is 0 Å². The summed E-state index contributed by atoms with van der Waals surface area (Å²) in [6, 6.07) is 26.2. The Hall–Kier alpha value is -3.40. The number of benzene rings is 3. The number of carbonyl (C=O) groups excluding carboxylic acids is 2. The zero-order chi connectivity index (χ0) is 26.8. The zero-order valence-electron chi connectivity index (χ0n) is 23.0. The molecule has 0 radical (unpaired) electrons. The zero-order valence-corrected chi connectivity index (χ0v) is 23.0. The van der Waals surface area contributed by atoms with Crippen LogP contribution in [0.25, 0.3) is 0 Å². The van der Waals surface area contributed by atoms with Crippen molar-refractivity contribution in [1.29, 1.82) is 0 Å². The molecule has 3 rings (SSSR count). The van der Waals surface area contributed by atoms with Gasteiger partial charge < -0.3 is 10.2 Å². The Morgan fingerprint density at radius 2 is 1.43 bits per heavy atom. The van der Waals surface area contributed by atoms with Gasteiger partial charge in [0.25, 0.3) is 0 Å². The van der Waals surface area contributed by atoms with Crippen LogP contribution in [-0.4, -0.2) is 28.8 Å². The predicted molar refractivity (Wildman–Crippen MR) is 152 cm³/mol. The van der Waals surface area contributed by atoms with Crippen LogP contribution in [0, 0.1) is 6.92 Å². The molecule has 0 aliphatic heterocycles. The highest BCUT2D eigenvalue weighted by Crippen LogP contribution is 2.19. The summed E-state index contributed by atoms with van der Waals surface area (Å²) in [4.78, 5) is 29.2. The molecule has 0 aliphatic carbocycles. The molecule has 0 bridgehead atoms. The average Bonchev–Trinajstić information content (AvgIpc) is 2.91. The molecule has 0 spiro atoms. The van der Waals surface area contributed by atoms with Crippen LogP contribution < -0.4 is 5.32 Å². The Balaban J connectivity index is 1.88. The van der Waals surface area contributed by atoms with Crippen molar-refractivity contribution >= 4 is 11.8 Å². The average molecular weight is 499 g/mol. The van der Waals surface area contributed by atoms with E-state index in [9.17, 15) is 9.59 Å². The summed E-state index contributed by atoms with van der Waals surface area (Å²) >= 11 is 0. The third-order valence-electron chi connectivity index (χ3n) is 7.02. The number of aryl methyl sites for hydroxylation is 2. The smallest absolute Gasteiger partial charge is 0.243 e.